The first kappa shape index (κ1) is 36.5. The predicted molar refractivity (Wildman–Crippen MR) is 181 cm³/mol. The summed E-state index contributed by atoms with van der Waals surface area (Å²) in [5, 5.41) is 3.67. The number of hydrogen-bond acceptors (Lipinski definition) is 9. The fraction of sp³-hybridized carbons (Fsp3) is 0.412. The van der Waals surface area contributed by atoms with Crippen molar-refractivity contribution in [1.29, 1.82) is 0 Å². The van der Waals surface area contributed by atoms with E-state index in [0.29, 0.717) is 41.2 Å². The van der Waals surface area contributed by atoms with Gasteiger partial charge in [0, 0.05) is 42.3 Å². The van der Waals surface area contributed by atoms with Gasteiger partial charge in [-0.05, 0) is 76.4 Å². The number of piperidine rings is 1. The number of fused-ring (bicyclic) bond motifs is 1. The van der Waals surface area contributed by atoms with Crippen molar-refractivity contribution < 1.29 is 40.2 Å². The van der Waals surface area contributed by atoms with E-state index in [-0.39, 0.29) is 29.2 Å². The standard InChI is InChI=1S/C34H38F4N6O5S/c1-20-10-11-23-24(12-13-26(35)28(23)43-50(46,47)19-21(2)34(36,37)38)29(20)48-30-25(9-6-15-39-30)27-14-16-40-31(42-27)41-22-8-7-17-44(18-22)32(45)49-33(3,4)5/h6,9-16,21-22,43H,7-8,17-19H2,1-5H3,(H,40,41,42). The molecule has 4 aromatic rings. The summed E-state index contributed by atoms with van der Waals surface area (Å²) in [7, 11) is -4.59. The number of carbonyl (C=O) groups is 1. The van der Waals surface area contributed by atoms with Gasteiger partial charge in [-0.3, -0.25) is 4.72 Å². The average Bonchev–Trinajstić information content (AvgIpc) is 3.02. The van der Waals surface area contributed by atoms with Crippen LogP contribution in [-0.2, 0) is 14.8 Å². The van der Waals surface area contributed by atoms with Crippen LogP contribution in [0.4, 0.5) is 34.0 Å². The molecule has 0 saturated carbocycles. The van der Waals surface area contributed by atoms with Crippen molar-refractivity contribution in [2.75, 3.05) is 28.9 Å². The molecule has 2 N–H and O–H groups in total. The van der Waals surface area contributed by atoms with E-state index < -0.39 is 45.0 Å². The second-order valence-corrected chi connectivity index (χ2v) is 15.0. The van der Waals surface area contributed by atoms with Crippen molar-refractivity contribution in [3.8, 4) is 22.9 Å². The average molecular weight is 719 g/mol. The molecule has 11 nitrogen and oxygen atoms in total. The first-order valence-corrected chi connectivity index (χ1v) is 17.5. The number of ether oxygens (including phenoxy) is 2. The zero-order valence-electron chi connectivity index (χ0n) is 28.1. The Morgan fingerprint density at radius 2 is 1.80 bits per heavy atom. The molecule has 2 atom stereocenters. The number of amides is 1. The summed E-state index contributed by atoms with van der Waals surface area (Å²) in [6, 6.07) is 10.4. The first-order chi connectivity index (χ1) is 23.4. The van der Waals surface area contributed by atoms with Crippen LogP contribution in [0.5, 0.6) is 11.6 Å². The van der Waals surface area contributed by atoms with Gasteiger partial charge >= 0.3 is 12.3 Å². The lowest BCUT2D eigenvalue weighted by atomic mass is 10.0. The Balaban J connectivity index is 1.41. The second kappa shape index (κ2) is 14.2. The second-order valence-electron chi connectivity index (χ2n) is 13.2. The van der Waals surface area contributed by atoms with Gasteiger partial charge in [0.15, 0.2) is 0 Å². The number of hydrogen-bond donors (Lipinski definition) is 2. The van der Waals surface area contributed by atoms with E-state index in [1.54, 1.807) is 42.3 Å². The van der Waals surface area contributed by atoms with Crippen LogP contribution >= 0.6 is 0 Å². The molecule has 1 fully saturated rings. The van der Waals surface area contributed by atoms with Gasteiger partial charge in [-0.1, -0.05) is 19.1 Å². The number of likely N-dealkylation sites (tertiary alicyclic amines) is 1. The Labute approximate surface area is 287 Å². The van der Waals surface area contributed by atoms with Crippen molar-refractivity contribution >= 4 is 38.5 Å². The fourth-order valence-electron chi connectivity index (χ4n) is 5.43. The predicted octanol–water partition coefficient (Wildman–Crippen LogP) is 7.68. The molecule has 1 saturated heterocycles. The number of sulfonamides is 1. The van der Waals surface area contributed by atoms with E-state index in [0.717, 1.165) is 25.8 Å². The van der Waals surface area contributed by atoms with Crippen LogP contribution in [-0.4, -0.2) is 71.0 Å². The van der Waals surface area contributed by atoms with Crippen molar-refractivity contribution in [1.82, 2.24) is 19.9 Å². The Hall–Kier alpha value is -4.73. The van der Waals surface area contributed by atoms with E-state index >= 15 is 4.39 Å². The summed E-state index contributed by atoms with van der Waals surface area (Å²) in [6.07, 6.45) is -0.504. The normalized spacial score (nSPS) is 16.2. The summed E-state index contributed by atoms with van der Waals surface area (Å²) >= 11 is 0. The Morgan fingerprint density at radius 3 is 2.52 bits per heavy atom. The lowest BCUT2D eigenvalue weighted by molar-refractivity contribution is -0.163. The van der Waals surface area contributed by atoms with Crippen molar-refractivity contribution in [3.63, 3.8) is 0 Å². The van der Waals surface area contributed by atoms with Crippen LogP contribution < -0.4 is 14.8 Å². The minimum Gasteiger partial charge on any atom is -0.444 e. The largest absolute Gasteiger partial charge is 0.444 e. The zero-order chi connectivity index (χ0) is 36.4. The number of benzene rings is 2. The summed E-state index contributed by atoms with van der Waals surface area (Å²) in [5.74, 6) is -3.74. The maximum absolute atomic E-state index is 15.0. The van der Waals surface area contributed by atoms with Gasteiger partial charge in [-0.2, -0.15) is 13.2 Å². The van der Waals surface area contributed by atoms with Gasteiger partial charge < -0.3 is 19.7 Å². The summed E-state index contributed by atoms with van der Waals surface area (Å²) in [5.41, 5.74) is 0.427. The highest BCUT2D eigenvalue weighted by molar-refractivity contribution is 7.92. The Kier molecular flexibility index (Phi) is 10.4. The molecule has 2 unspecified atom stereocenters. The van der Waals surface area contributed by atoms with Gasteiger partial charge in [-0.15, -0.1) is 0 Å². The fourth-order valence-corrected chi connectivity index (χ4v) is 6.88. The lowest BCUT2D eigenvalue weighted by Crippen LogP contribution is -2.47. The monoisotopic (exact) mass is 718 g/mol. The van der Waals surface area contributed by atoms with E-state index in [9.17, 15) is 26.4 Å². The van der Waals surface area contributed by atoms with E-state index in [2.05, 4.69) is 20.3 Å². The van der Waals surface area contributed by atoms with Crippen molar-refractivity contribution in [3.05, 3.63) is 66.2 Å². The molecule has 5 rings (SSSR count). The third-order valence-electron chi connectivity index (χ3n) is 7.89. The highest BCUT2D eigenvalue weighted by Gasteiger charge is 2.39. The zero-order valence-corrected chi connectivity index (χ0v) is 29.0. The highest BCUT2D eigenvalue weighted by atomic mass is 32.2. The summed E-state index contributed by atoms with van der Waals surface area (Å²) in [4.78, 5) is 27.7. The van der Waals surface area contributed by atoms with Crippen LogP contribution in [0, 0.1) is 18.7 Å². The number of carbonyl (C=O) groups excluding carboxylic acids is 1. The minimum atomic E-state index is -4.75. The molecule has 16 heteroatoms. The van der Waals surface area contributed by atoms with E-state index in [1.807, 2.05) is 25.5 Å². The molecule has 50 heavy (non-hydrogen) atoms. The molecule has 1 amide bonds. The molecule has 1 aliphatic heterocycles. The highest BCUT2D eigenvalue weighted by Crippen LogP contribution is 2.40. The number of aromatic nitrogens is 3. The smallest absolute Gasteiger partial charge is 0.410 e. The molecular weight excluding hydrogens is 680 g/mol. The molecule has 0 spiro atoms. The molecule has 1 aliphatic rings. The molecule has 0 bridgehead atoms. The number of anilines is 2. The van der Waals surface area contributed by atoms with Crippen LogP contribution in [0.15, 0.2) is 54.9 Å². The van der Waals surface area contributed by atoms with Gasteiger partial charge in [-0.25, -0.2) is 32.6 Å². The van der Waals surface area contributed by atoms with Gasteiger partial charge in [0.05, 0.1) is 28.6 Å². The maximum atomic E-state index is 15.0. The number of nitrogens with zero attached hydrogens (tertiary/aromatic N) is 4. The number of halogens is 4. The number of aryl methyl sites for hydroxylation is 1. The van der Waals surface area contributed by atoms with Gasteiger partial charge in [0.25, 0.3) is 0 Å². The molecule has 2 aromatic heterocycles. The van der Waals surface area contributed by atoms with Crippen LogP contribution in [0.25, 0.3) is 22.0 Å². The lowest BCUT2D eigenvalue weighted by Gasteiger charge is -2.34. The van der Waals surface area contributed by atoms with Crippen LogP contribution in [0.2, 0.25) is 0 Å². The molecule has 0 aliphatic carbocycles. The van der Waals surface area contributed by atoms with Gasteiger partial charge in [0.2, 0.25) is 21.9 Å². The van der Waals surface area contributed by atoms with Crippen molar-refractivity contribution in [2.24, 2.45) is 5.92 Å². The topological polar surface area (TPSA) is 136 Å². The summed E-state index contributed by atoms with van der Waals surface area (Å²) < 4.78 is 93.6. The Morgan fingerprint density at radius 1 is 1.06 bits per heavy atom. The van der Waals surface area contributed by atoms with E-state index in [1.165, 1.54) is 18.3 Å². The molecular formula is C34H38F4N6O5S. The van der Waals surface area contributed by atoms with E-state index in [4.69, 9.17) is 9.47 Å². The van der Waals surface area contributed by atoms with Crippen LogP contribution in [0.3, 0.4) is 0 Å². The van der Waals surface area contributed by atoms with Crippen molar-refractivity contribution in [2.45, 2.75) is 65.3 Å². The minimum absolute atomic E-state index is 0.0766. The first-order valence-electron chi connectivity index (χ1n) is 15.9. The number of pyridine rings is 1. The summed E-state index contributed by atoms with van der Waals surface area (Å²) in [6.45, 7) is 8.90. The Bertz CT molecular complexity index is 1990. The van der Waals surface area contributed by atoms with Gasteiger partial charge in [0.1, 0.15) is 17.2 Å². The number of rotatable bonds is 9. The molecule has 3 heterocycles. The number of alkyl halides is 3. The third kappa shape index (κ3) is 8.89. The molecule has 0 radical (unpaired) electrons. The van der Waals surface area contributed by atoms with Crippen LogP contribution in [0.1, 0.15) is 46.1 Å². The molecule has 2 aromatic carbocycles. The number of nitrogens with one attached hydrogen (secondary N) is 2. The quantitative estimate of drug-likeness (QED) is 0.167. The molecule has 268 valence electrons. The third-order valence-corrected chi connectivity index (χ3v) is 9.34. The SMILES string of the molecule is Cc1ccc2c(NS(=O)(=O)CC(C)C(F)(F)F)c(F)ccc2c1Oc1ncccc1-c1ccnc(NC2CCCN(C(=O)OC(C)(C)C)C2)n1. The maximum Gasteiger partial charge on any atom is 0.410 e.